The van der Waals surface area contributed by atoms with Gasteiger partial charge in [0.2, 0.25) is 0 Å². The number of ether oxygens (including phenoxy) is 1. The molecule has 0 aromatic heterocycles. The van der Waals surface area contributed by atoms with Gasteiger partial charge in [0.15, 0.2) is 0 Å². The highest BCUT2D eigenvalue weighted by atomic mass is 127. The largest absolute Gasteiger partial charge is 0.494 e. The number of nitrogens with two attached hydrogens (primary N) is 1. The lowest BCUT2D eigenvalue weighted by atomic mass is 10.0. The van der Waals surface area contributed by atoms with Gasteiger partial charge in [-0.2, -0.15) is 0 Å². The van der Waals surface area contributed by atoms with E-state index in [1.54, 1.807) is 12.3 Å². The highest BCUT2D eigenvalue weighted by Crippen LogP contribution is 2.29. The Balaban J connectivity index is 2.29. The van der Waals surface area contributed by atoms with Gasteiger partial charge in [0, 0.05) is 21.0 Å². The molecule has 4 heteroatoms. The van der Waals surface area contributed by atoms with E-state index in [4.69, 9.17) is 10.5 Å². The second-order valence-electron chi connectivity index (χ2n) is 5.29. The second-order valence-corrected chi connectivity index (χ2v) is 6.45. The Kier molecular flexibility index (Phi) is 6.61. The third-order valence-electron chi connectivity index (χ3n) is 3.34. The number of benzene rings is 2. The number of allylic oxidation sites excluding steroid dienone is 2. The summed E-state index contributed by atoms with van der Waals surface area (Å²) in [4.78, 5) is 4.43. The van der Waals surface area contributed by atoms with E-state index in [0.29, 0.717) is 12.4 Å². The summed E-state index contributed by atoms with van der Waals surface area (Å²) in [7, 11) is 0. The summed E-state index contributed by atoms with van der Waals surface area (Å²) in [5.41, 5.74) is 10.5. The minimum atomic E-state index is 0.615. The van der Waals surface area contributed by atoms with Crippen LogP contribution in [0.2, 0.25) is 0 Å². The zero-order valence-electron chi connectivity index (χ0n) is 13.9. The van der Waals surface area contributed by atoms with Crippen molar-refractivity contribution in [2.75, 3.05) is 6.61 Å². The maximum Gasteiger partial charge on any atom is 0.119 e. The van der Waals surface area contributed by atoms with Crippen LogP contribution in [0.1, 0.15) is 19.4 Å². The first-order valence-electron chi connectivity index (χ1n) is 7.69. The third kappa shape index (κ3) is 4.96. The summed E-state index contributed by atoms with van der Waals surface area (Å²) in [6.45, 7) is 8.38. The quantitative estimate of drug-likeness (QED) is 0.371. The summed E-state index contributed by atoms with van der Waals surface area (Å²) >= 11 is 2.30. The molecule has 0 amide bonds. The Morgan fingerprint density at radius 2 is 2.00 bits per heavy atom. The number of hydrogen-bond acceptors (Lipinski definition) is 3. The fourth-order valence-corrected chi connectivity index (χ4v) is 2.81. The number of aliphatic imine (C=N–C) groups is 1. The van der Waals surface area contributed by atoms with Crippen LogP contribution >= 0.6 is 22.6 Å². The van der Waals surface area contributed by atoms with Crippen molar-refractivity contribution in [2.24, 2.45) is 10.7 Å². The molecular formula is C20H21IN2O. The maximum absolute atomic E-state index is 5.61. The van der Waals surface area contributed by atoms with E-state index in [1.165, 1.54) is 0 Å². The van der Waals surface area contributed by atoms with Crippen molar-refractivity contribution < 1.29 is 4.74 Å². The van der Waals surface area contributed by atoms with Gasteiger partial charge in [-0.1, -0.05) is 30.8 Å². The predicted molar refractivity (Wildman–Crippen MR) is 111 cm³/mol. The molecule has 2 rings (SSSR count). The van der Waals surface area contributed by atoms with Gasteiger partial charge in [-0.3, -0.25) is 4.99 Å². The van der Waals surface area contributed by atoms with Gasteiger partial charge in [0.1, 0.15) is 5.76 Å². The maximum atomic E-state index is 5.61. The number of nitrogens with zero attached hydrogens (tertiary/aromatic N) is 1. The molecule has 0 saturated carbocycles. The Labute approximate surface area is 157 Å². The summed E-state index contributed by atoms with van der Waals surface area (Å²) in [6, 6.07) is 14.4. The Morgan fingerprint density at radius 3 is 2.67 bits per heavy atom. The molecule has 2 aromatic rings. The fraction of sp³-hybridized carbons (Fsp3) is 0.150. The number of hydrogen-bond donors (Lipinski definition) is 1. The third-order valence-corrected chi connectivity index (χ3v) is 4.20. The minimum absolute atomic E-state index is 0.615. The van der Waals surface area contributed by atoms with Crippen molar-refractivity contribution in [1.29, 1.82) is 0 Å². The highest BCUT2D eigenvalue weighted by Gasteiger charge is 2.05. The zero-order chi connectivity index (χ0) is 17.5. The van der Waals surface area contributed by atoms with Gasteiger partial charge in [-0.05, 0) is 71.8 Å². The van der Waals surface area contributed by atoms with Crippen molar-refractivity contribution >= 4 is 40.3 Å². The molecule has 0 atom stereocenters. The molecular weight excluding hydrogens is 411 g/mol. The van der Waals surface area contributed by atoms with Gasteiger partial charge in [0.05, 0.1) is 12.3 Å². The van der Waals surface area contributed by atoms with E-state index in [2.05, 4.69) is 58.4 Å². The summed E-state index contributed by atoms with van der Waals surface area (Å²) in [5, 5.41) is 0. The van der Waals surface area contributed by atoms with E-state index < -0.39 is 0 Å². The SMILES string of the molecule is C=C(OCC)c1cccc(-c2ccc(N=CC=C(C)N)c(I)c2)c1. The van der Waals surface area contributed by atoms with Crippen LogP contribution in [0.3, 0.4) is 0 Å². The molecule has 0 fully saturated rings. The van der Waals surface area contributed by atoms with Crippen LogP contribution in [0.25, 0.3) is 16.9 Å². The lowest BCUT2D eigenvalue weighted by molar-refractivity contribution is 0.299. The van der Waals surface area contributed by atoms with E-state index >= 15 is 0 Å². The molecule has 2 aromatic carbocycles. The first-order chi connectivity index (χ1) is 11.5. The van der Waals surface area contributed by atoms with Crippen molar-refractivity contribution in [3.63, 3.8) is 0 Å². The molecule has 0 heterocycles. The Hall–Kier alpha value is -2.08. The molecule has 0 saturated heterocycles. The van der Waals surface area contributed by atoms with Crippen LogP contribution in [-0.4, -0.2) is 12.8 Å². The minimum Gasteiger partial charge on any atom is -0.494 e. The van der Waals surface area contributed by atoms with Crippen molar-refractivity contribution in [2.45, 2.75) is 13.8 Å². The van der Waals surface area contributed by atoms with Crippen molar-refractivity contribution in [1.82, 2.24) is 0 Å². The van der Waals surface area contributed by atoms with E-state index in [9.17, 15) is 0 Å². The lowest BCUT2D eigenvalue weighted by Gasteiger charge is -2.10. The molecule has 0 aliphatic heterocycles. The lowest BCUT2D eigenvalue weighted by Crippen LogP contribution is -1.91. The Bertz CT molecular complexity index is 790. The molecule has 0 aliphatic carbocycles. The normalized spacial score (nSPS) is 11.7. The van der Waals surface area contributed by atoms with Gasteiger partial charge in [0.25, 0.3) is 0 Å². The van der Waals surface area contributed by atoms with E-state index in [-0.39, 0.29) is 0 Å². The zero-order valence-corrected chi connectivity index (χ0v) is 16.1. The summed E-state index contributed by atoms with van der Waals surface area (Å²) < 4.78 is 6.58. The van der Waals surface area contributed by atoms with Crippen molar-refractivity contribution in [3.8, 4) is 11.1 Å². The summed E-state index contributed by atoms with van der Waals surface area (Å²) in [6.07, 6.45) is 3.51. The van der Waals surface area contributed by atoms with Crippen LogP contribution in [0.4, 0.5) is 5.69 Å². The molecule has 0 unspecified atom stereocenters. The summed E-state index contributed by atoms with van der Waals surface area (Å²) in [5.74, 6) is 0.694. The average molecular weight is 432 g/mol. The molecule has 24 heavy (non-hydrogen) atoms. The van der Waals surface area contributed by atoms with E-state index in [0.717, 1.165) is 31.6 Å². The average Bonchev–Trinajstić information content (AvgIpc) is 2.56. The highest BCUT2D eigenvalue weighted by molar-refractivity contribution is 14.1. The van der Waals surface area contributed by atoms with Gasteiger partial charge >= 0.3 is 0 Å². The molecule has 0 aliphatic rings. The standard InChI is InChI=1S/C20H21IN2O/c1-4-24-15(3)16-6-5-7-17(12-16)18-8-9-20(19(21)13-18)23-11-10-14(2)22/h5-13H,3-4,22H2,1-2H3. The molecule has 0 radical (unpaired) electrons. The van der Waals surface area contributed by atoms with Gasteiger partial charge in [-0.25, -0.2) is 0 Å². The predicted octanol–water partition coefficient (Wildman–Crippen LogP) is 5.53. The smallest absolute Gasteiger partial charge is 0.119 e. The second kappa shape index (κ2) is 8.68. The molecule has 3 nitrogen and oxygen atoms in total. The van der Waals surface area contributed by atoms with E-state index in [1.807, 2.05) is 32.0 Å². The van der Waals surface area contributed by atoms with Crippen LogP contribution in [-0.2, 0) is 4.74 Å². The molecule has 2 N–H and O–H groups in total. The van der Waals surface area contributed by atoms with Crippen LogP contribution in [0.5, 0.6) is 0 Å². The first kappa shape index (κ1) is 18.3. The van der Waals surface area contributed by atoms with Crippen LogP contribution in [0.15, 0.2) is 65.8 Å². The molecule has 0 bridgehead atoms. The molecule has 0 spiro atoms. The Morgan fingerprint density at radius 1 is 1.25 bits per heavy atom. The topological polar surface area (TPSA) is 47.6 Å². The number of halogens is 1. The molecule has 124 valence electrons. The monoisotopic (exact) mass is 432 g/mol. The van der Waals surface area contributed by atoms with Gasteiger partial charge < -0.3 is 10.5 Å². The van der Waals surface area contributed by atoms with Crippen LogP contribution in [0, 0.1) is 3.57 Å². The van der Waals surface area contributed by atoms with Crippen LogP contribution < -0.4 is 5.73 Å². The first-order valence-corrected chi connectivity index (χ1v) is 8.77. The number of rotatable bonds is 6. The fourth-order valence-electron chi connectivity index (χ4n) is 2.16. The van der Waals surface area contributed by atoms with Gasteiger partial charge in [-0.15, -0.1) is 0 Å². The van der Waals surface area contributed by atoms with Crippen molar-refractivity contribution in [3.05, 3.63) is 70.0 Å².